The highest BCUT2D eigenvalue weighted by atomic mass is 32.1. The average molecular weight is 183 g/mol. The first kappa shape index (κ1) is 8.93. The molecule has 0 amide bonds. The highest BCUT2D eigenvalue weighted by Gasteiger charge is 1.93. The van der Waals surface area contributed by atoms with E-state index < -0.39 is 0 Å². The predicted octanol–water partition coefficient (Wildman–Crippen LogP) is 1.72. The van der Waals surface area contributed by atoms with Crippen LogP contribution in [0.2, 0.25) is 0 Å². The van der Waals surface area contributed by atoms with Crippen LogP contribution in [0.15, 0.2) is 17.7 Å². The Balaban J connectivity index is 2.45. The summed E-state index contributed by atoms with van der Waals surface area (Å²) in [6, 6.07) is 0. The first-order valence-electron chi connectivity index (χ1n) is 3.57. The molecule has 0 aromatic carbocycles. The Kier molecular flexibility index (Phi) is 3.47. The second-order valence-corrected chi connectivity index (χ2v) is 2.88. The number of thiazole rings is 1. The summed E-state index contributed by atoms with van der Waals surface area (Å²) in [5.74, 6) is -0.326. The van der Waals surface area contributed by atoms with E-state index in [1.165, 1.54) is 17.4 Å². The zero-order valence-corrected chi connectivity index (χ0v) is 7.50. The van der Waals surface area contributed by atoms with Crippen molar-refractivity contribution >= 4 is 23.4 Å². The van der Waals surface area contributed by atoms with Gasteiger partial charge in [0.1, 0.15) is 5.01 Å². The molecule has 0 radical (unpaired) electrons. The van der Waals surface area contributed by atoms with Crippen LogP contribution in [-0.4, -0.2) is 17.6 Å². The number of carbonyl (C=O) groups excluding carboxylic acids is 1. The highest BCUT2D eigenvalue weighted by molar-refractivity contribution is 7.10. The van der Waals surface area contributed by atoms with Crippen LogP contribution in [0.3, 0.4) is 0 Å². The second-order valence-electron chi connectivity index (χ2n) is 1.96. The van der Waals surface area contributed by atoms with Gasteiger partial charge in [-0.15, -0.1) is 11.3 Å². The Morgan fingerprint density at radius 1 is 1.83 bits per heavy atom. The van der Waals surface area contributed by atoms with E-state index in [9.17, 15) is 4.79 Å². The van der Waals surface area contributed by atoms with Crippen molar-refractivity contribution in [2.75, 3.05) is 6.61 Å². The molecule has 3 nitrogen and oxygen atoms in total. The van der Waals surface area contributed by atoms with E-state index in [1.54, 1.807) is 19.2 Å². The number of aromatic nitrogens is 1. The van der Waals surface area contributed by atoms with Crippen LogP contribution >= 0.6 is 11.3 Å². The number of esters is 1. The maximum atomic E-state index is 10.8. The van der Waals surface area contributed by atoms with Gasteiger partial charge in [0.15, 0.2) is 0 Å². The fourth-order valence-electron chi connectivity index (χ4n) is 0.646. The summed E-state index contributed by atoms with van der Waals surface area (Å²) in [6.45, 7) is 2.18. The lowest BCUT2D eigenvalue weighted by Crippen LogP contribution is -1.98. The maximum Gasteiger partial charge on any atom is 0.330 e. The third-order valence-electron chi connectivity index (χ3n) is 1.10. The molecular weight excluding hydrogens is 174 g/mol. The van der Waals surface area contributed by atoms with Crippen LogP contribution < -0.4 is 0 Å². The summed E-state index contributed by atoms with van der Waals surface area (Å²) in [7, 11) is 0. The molecule has 1 rings (SSSR count). The molecule has 1 aromatic rings. The maximum absolute atomic E-state index is 10.8. The van der Waals surface area contributed by atoms with Gasteiger partial charge in [-0.1, -0.05) is 0 Å². The summed E-state index contributed by atoms with van der Waals surface area (Å²) in [6.07, 6.45) is 4.71. The van der Waals surface area contributed by atoms with E-state index in [-0.39, 0.29) is 5.97 Å². The molecule has 0 fully saturated rings. The van der Waals surface area contributed by atoms with E-state index in [4.69, 9.17) is 4.74 Å². The highest BCUT2D eigenvalue weighted by Crippen LogP contribution is 2.05. The fraction of sp³-hybridized carbons (Fsp3) is 0.250. The summed E-state index contributed by atoms with van der Waals surface area (Å²) < 4.78 is 4.69. The van der Waals surface area contributed by atoms with Crippen LogP contribution in [0.25, 0.3) is 6.08 Å². The van der Waals surface area contributed by atoms with Gasteiger partial charge >= 0.3 is 5.97 Å². The quantitative estimate of drug-likeness (QED) is 0.529. The number of ether oxygens (including phenoxy) is 1. The molecule has 0 unspecified atom stereocenters. The van der Waals surface area contributed by atoms with Crippen LogP contribution in [0.5, 0.6) is 0 Å². The largest absolute Gasteiger partial charge is 0.463 e. The Labute approximate surface area is 74.7 Å². The lowest BCUT2D eigenvalue weighted by molar-refractivity contribution is -0.137. The zero-order chi connectivity index (χ0) is 8.81. The van der Waals surface area contributed by atoms with E-state index in [0.717, 1.165) is 5.01 Å². The van der Waals surface area contributed by atoms with E-state index in [2.05, 4.69) is 4.98 Å². The van der Waals surface area contributed by atoms with Gasteiger partial charge in [0.05, 0.1) is 6.61 Å². The molecule has 0 aliphatic rings. The van der Waals surface area contributed by atoms with Crippen LogP contribution in [0.1, 0.15) is 11.9 Å². The van der Waals surface area contributed by atoms with Crippen LogP contribution in [0, 0.1) is 0 Å². The Bertz CT molecular complexity index is 267. The topological polar surface area (TPSA) is 39.2 Å². The van der Waals surface area contributed by atoms with Gasteiger partial charge in [0.25, 0.3) is 0 Å². The lowest BCUT2D eigenvalue weighted by Gasteiger charge is -1.92. The van der Waals surface area contributed by atoms with Crippen molar-refractivity contribution < 1.29 is 9.53 Å². The standard InChI is InChI=1S/C8H9NO2S/c1-2-11-8(10)4-3-7-9-5-6-12-7/h3-6H,2H2,1H3/b4-3+. The predicted molar refractivity (Wildman–Crippen MR) is 47.8 cm³/mol. The molecule has 12 heavy (non-hydrogen) atoms. The van der Waals surface area contributed by atoms with E-state index >= 15 is 0 Å². The van der Waals surface area contributed by atoms with Gasteiger partial charge in [-0.05, 0) is 13.0 Å². The Hall–Kier alpha value is -1.16. The molecule has 0 atom stereocenters. The van der Waals surface area contributed by atoms with Crippen molar-refractivity contribution in [3.63, 3.8) is 0 Å². The van der Waals surface area contributed by atoms with Gasteiger partial charge < -0.3 is 4.74 Å². The molecule has 1 heterocycles. The molecule has 64 valence electrons. The molecule has 0 spiro atoms. The van der Waals surface area contributed by atoms with Gasteiger partial charge in [0.2, 0.25) is 0 Å². The van der Waals surface area contributed by atoms with Crippen molar-refractivity contribution in [1.29, 1.82) is 0 Å². The zero-order valence-electron chi connectivity index (χ0n) is 6.69. The van der Waals surface area contributed by atoms with Gasteiger partial charge in [0, 0.05) is 17.7 Å². The van der Waals surface area contributed by atoms with Gasteiger partial charge in [-0.25, -0.2) is 9.78 Å². The monoisotopic (exact) mass is 183 g/mol. The van der Waals surface area contributed by atoms with Gasteiger partial charge in [-0.2, -0.15) is 0 Å². The third kappa shape index (κ3) is 2.84. The number of hydrogen-bond donors (Lipinski definition) is 0. The third-order valence-corrected chi connectivity index (χ3v) is 1.84. The van der Waals surface area contributed by atoms with Crippen molar-refractivity contribution in [3.05, 3.63) is 22.7 Å². The molecule has 1 aromatic heterocycles. The SMILES string of the molecule is CCOC(=O)/C=C/c1nccs1. The first-order valence-corrected chi connectivity index (χ1v) is 4.45. The minimum Gasteiger partial charge on any atom is -0.463 e. The molecule has 4 heteroatoms. The molecule has 0 aliphatic carbocycles. The molecule has 0 saturated carbocycles. The van der Waals surface area contributed by atoms with Gasteiger partial charge in [-0.3, -0.25) is 0 Å². The van der Waals surface area contributed by atoms with E-state index in [1.807, 2.05) is 5.38 Å². The van der Waals surface area contributed by atoms with Crippen molar-refractivity contribution in [2.45, 2.75) is 6.92 Å². The Morgan fingerprint density at radius 2 is 2.67 bits per heavy atom. The number of carbonyl (C=O) groups is 1. The average Bonchev–Trinajstić information content (AvgIpc) is 2.53. The van der Waals surface area contributed by atoms with Crippen molar-refractivity contribution in [2.24, 2.45) is 0 Å². The number of hydrogen-bond acceptors (Lipinski definition) is 4. The van der Waals surface area contributed by atoms with Crippen molar-refractivity contribution in [1.82, 2.24) is 4.98 Å². The molecule has 0 N–H and O–H groups in total. The summed E-state index contributed by atoms with van der Waals surface area (Å²) in [5.41, 5.74) is 0. The number of rotatable bonds is 3. The molecule has 0 bridgehead atoms. The lowest BCUT2D eigenvalue weighted by atomic mass is 10.5. The Morgan fingerprint density at radius 3 is 3.25 bits per heavy atom. The summed E-state index contributed by atoms with van der Waals surface area (Å²) in [4.78, 5) is 14.8. The van der Waals surface area contributed by atoms with E-state index in [0.29, 0.717) is 6.61 Å². The summed E-state index contributed by atoms with van der Waals surface area (Å²) >= 11 is 1.48. The smallest absolute Gasteiger partial charge is 0.330 e. The van der Waals surface area contributed by atoms with Crippen LogP contribution in [0.4, 0.5) is 0 Å². The minimum atomic E-state index is -0.326. The number of nitrogens with zero attached hydrogens (tertiary/aromatic N) is 1. The van der Waals surface area contributed by atoms with Crippen LogP contribution in [-0.2, 0) is 9.53 Å². The normalized spacial score (nSPS) is 10.4. The molecule has 0 aliphatic heterocycles. The first-order chi connectivity index (χ1) is 5.83. The minimum absolute atomic E-state index is 0.326. The fourth-order valence-corrected chi connectivity index (χ4v) is 1.18. The molecule has 0 saturated heterocycles. The second kappa shape index (κ2) is 4.66. The molecular formula is C8H9NO2S. The summed E-state index contributed by atoms with van der Waals surface area (Å²) in [5, 5.41) is 2.66. The van der Waals surface area contributed by atoms with Crippen molar-refractivity contribution in [3.8, 4) is 0 Å².